The van der Waals surface area contributed by atoms with Gasteiger partial charge in [-0.1, -0.05) is 0 Å². The molecule has 7 heteroatoms. The van der Waals surface area contributed by atoms with Crippen LogP contribution in [-0.2, 0) is 4.79 Å². The predicted octanol–water partition coefficient (Wildman–Crippen LogP) is 0.721. The Kier molecular flexibility index (Phi) is 6.45. The molecule has 0 fully saturated rings. The van der Waals surface area contributed by atoms with Gasteiger partial charge in [-0.25, -0.2) is 9.18 Å². The third-order valence-electron chi connectivity index (χ3n) is 2.54. The van der Waals surface area contributed by atoms with Gasteiger partial charge in [0.1, 0.15) is 18.2 Å². The highest BCUT2D eigenvalue weighted by molar-refractivity contribution is 5.93. The first-order valence-electron chi connectivity index (χ1n) is 6.13. The molecule has 0 aliphatic carbocycles. The Morgan fingerprint density at radius 1 is 1.30 bits per heavy atom. The van der Waals surface area contributed by atoms with E-state index in [4.69, 9.17) is 10.5 Å². The van der Waals surface area contributed by atoms with Crippen molar-refractivity contribution in [3.8, 4) is 5.75 Å². The van der Waals surface area contributed by atoms with E-state index < -0.39 is 11.9 Å². The summed E-state index contributed by atoms with van der Waals surface area (Å²) in [5.41, 5.74) is 4.82. The molecule has 3 amide bonds. The molecule has 6 nitrogen and oxygen atoms in total. The summed E-state index contributed by atoms with van der Waals surface area (Å²) in [5.74, 6) is -0.134. The smallest absolute Gasteiger partial charge is 0.318 e. The van der Waals surface area contributed by atoms with Crippen LogP contribution in [0.5, 0.6) is 5.75 Å². The van der Waals surface area contributed by atoms with Crippen molar-refractivity contribution in [1.82, 2.24) is 10.2 Å². The van der Waals surface area contributed by atoms with Crippen LogP contribution < -0.4 is 15.8 Å². The summed E-state index contributed by atoms with van der Waals surface area (Å²) in [4.78, 5) is 23.5. The summed E-state index contributed by atoms with van der Waals surface area (Å²) < 4.78 is 18.1. The van der Waals surface area contributed by atoms with Crippen LogP contribution in [0, 0.1) is 5.82 Å². The molecule has 0 atom stereocenters. The highest BCUT2D eigenvalue weighted by Crippen LogP contribution is 2.10. The highest BCUT2D eigenvalue weighted by atomic mass is 19.1. The van der Waals surface area contributed by atoms with Gasteiger partial charge >= 0.3 is 6.03 Å². The second-order valence-electron chi connectivity index (χ2n) is 4.27. The molecule has 0 aliphatic rings. The van der Waals surface area contributed by atoms with Crippen LogP contribution in [0.2, 0.25) is 0 Å². The van der Waals surface area contributed by atoms with Crippen molar-refractivity contribution in [3.05, 3.63) is 30.1 Å². The number of halogens is 1. The SMILES string of the molecule is CN(CCOc1ccc(F)cc1)CCC(=O)NC(N)=O. The monoisotopic (exact) mass is 283 g/mol. The fraction of sp³-hybridized carbons (Fsp3) is 0.385. The maximum absolute atomic E-state index is 12.7. The molecule has 0 spiro atoms. The molecule has 0 unspecified atom stereocenters. The number of ether oxygens (including phenoxy) is 1. The number of nitrogens with one attached hydrogen (secondary N) is 1. The number of urea groups is 1. The van der Waals surface area contributed by atoms with Crippen molar-refractivity contribution in [2.45, 2.75) is 6.42 Å². The lowest BCUT2D eigenvalue weighted by atomic mass is 10.3. The van der Waals surface area contributed by atoms with Gasteiger partial charge in [-0.05, 0) is 31.3 Å². The van der Waals surface area contributed by atoms with Crippen molar-refractivity contribution in [3.63, 3.8) is 0 Å². The van der Waals surface area contributed by atoms with Gasteiger partial charge in [0.15, 0.2) is 0 Å². The van der Waals surface area contributed by atoms with E-state index in [1.54, 1.807) is 12.1 Å². The average Bonchev–Trinajstić information content (AvgIpc) is 2.38. The van der Waals surface area contributed by atoms with Crippen LogP contribution >= 0.6 is 0 Å². The summed E-state index contributed by atoms with van der Waals surface area (Å²) in [6.07, 6.45) is 0.177. The van der Waals surface area contributed by atoms with Crippen molar-refractivity contribution >= 4 is 11.9 Å². The molecule has 20 heavy (non-hydrogen) atoms. The molecule has 0 heterocycles. The average molecular weight is 283 g/mol. The lowest BCUT2D eigenvalue weighted by Crippen LogP contribution is -2.37. The summed E-state index contributed by atoms with van der Waals surface area (Å²) >= 11 is 0. The Morgan fingerprint density at radius 2 is 1.95 bits per heavy atom. The number of benzene rings is 1. The maximum atomic E-state index is 12.7. The van der Waals surface area contributed by atoms with E-state index in [0.29, 0.717) is 25.4 Å². The van der Waals surface area contributed by atoms with Gasteiger partial charge in [0.2, 0.25) is 5.91 Å². The van der Waals surface area contributed by atoms with Gasteiger partial charge in [0, 0.05) is 19.5 Å². The third-order valence-corrected chi connectivity index (χ3v) is 2.54. The van der Waals surface area contributed by atoms with Crippen LogP contribution in [0.3, 0.4) is 0 Å². The number of primary amides is 1. The van der Waals surface area contributed by atoms with Gasteiger partial charge in [-0.3, -0.25) is 10.1 Å². The summed E-state index contributed by atoms with van der Waals surface area (Å²) in [7, 11) is 1.82. The molecule has 110 valence electrons. The second-order valence-corrected chi connectivity index (χ2v) is 4.27. The number of hydrogen-bond acceptors (Lipinski definition) is 4. The largest absolute Gasteiger partial charge is 0.492 e. The first-order chi connectivity index (χ1) is 9.47. The fourth-order valence-corrected chi connectivity index (χ4v) is 1.45. The van der Waals surface area contributed by atoms with E-state index >= 15 is 0 Å². The summed E-state index contributed by atoms with van der Waals surface area (Å²) in [6, 6.07) is 4.91. The van der Waals surface area contributed by atoms with Crippen molar-refractivity contribution in [2.24, 2.45) is 5.73 Å². The second kappa shape index (κ2) is 8.11. The summed E-state index contributed by atoms with van der Waals surface area (Å²) in [5, 5.41) is 1.99. The van der Waals surface area contributed by atoms with Gasteiger partial charge < -0.3 is 15.4 Å². The van der Waals surface area contributed by atoms with Gasteiger partial charge in [-0.2, -0.15) is 0 Å². The Labute approximate surface area is 116 Å². The van der Waals surface area contributed by atoms with Gasteiger partial charge in [0.05, 0.1) is 0 Å². The van der Waals surface area contributed by atoms with Crippen LogP contribution in [0.4, 0.5) is 9.18 Å². The van der Waals surface area contributed by atoms with E-state index in [1.807, 2.05) is 17.3 Å². The highest BCUT2D eigenvalue weighted by Gasteiger charge is 2.06. The van der Waals surface area contributed by atoms with E-state index in [-0.39, 0.29) is 12.2 Å². The molecular formula is C13H18FN3O3. The fourth-order valence-electron chi connectivity index (χ4n) is 1.45. The molecule has 1 aromatic carbocycles. The van der Waals surface area contributed by atoms with Gasteiger partial charge in [0.25, 0.3) is 0 Å². The Morgan fingerprint density at radius 3 is 2.55 bits per heavy atom. The molecule has 0 bridgehead atoms. The topological polar surface area (TPSA) is 84.7 Å². The third kappa shape index (κ3) is 6.69. The molecule has 0 radical (unpaired) electrons. The molecule has 1 rings (SSSR count). The van der Waals surface area contributed by atoms with Gasteiger partial charge in [-0.15, -0.1) is 0 Å². The first-order valence-corrected chi connectivity index (χ1v) is 6.13. The zero-order chi connectivity index (χ0) is 15.0. The van der Waals surface area contributed by atoms with Crippen LogP contribution in [0.1, 0.15) is 6.42 Å². The number of likely N-dealkylation sites (N-methyl/N-ethyl adjacent to an activating group) is 1. The number of imide groups is 1. The minimum absolute atomic E-state index is 0.177. The van der Waals surface area contributed by atoms with Crippen molar-refractivity contribution < 1.29 is 18.7 Å². The normalized spacial score (nSPS) is 10.3. The zero-order valence-corrected chi connectivity index (χ0v) is 11.3. The minimum Gasteiger partial charge on any atom is -0.492 e. The Balaban J connectivity index is 2.16. The molecule has 0 saturated carbocycles. The molecule has 0 saturated heterocycles. The molecular weight excluding hydrogens is 265 g/mol. The van der Waals surface area contributed by atoms with Crippen LogP contribution in [0.15, 0.2) is 24.3 Å². The van der Waals surface area contributed by atoms with Crippen LogP contribution in [-0.4, -0.2) is 43.6 Å². The molecule has 3 N–H and O–H groups in total. The Bertz CT molecular complexity index is 451. The number of nitrogens with zero attached hydrogens (tertiary/aromatic N) is 1. The summed E-state index contributed by atoms with van der Waals surface area (Å²) in [6.45, 7) is 1.49. The van der Waals surface area contributed by atoms with Crippen LogP contribution in [0.25, 0.3) is 0 Å². The standard InChI is InChI=1S/C13H18FN3O3/c1-17(7-6-12(18)16-13(15)19)8-9-20-11-4-2-10(14)3-5-11/h2-5H,6-9H2,1H3,(H3,15,16,18,19). The lowest BCUT2D eigenvalue weighted by Gasteiger charge is -2.16. The minimum atomic E-state index is -0.850. The Hall–Kier alpha value is -2.15. The molecule has 0 aliphatic heterocycles. The van der Waals surface area contributed by atoms with E-state index in [9.17, 15) is 14.0 Å². The number of nitrogens with two attached hydrogens (primary N) is 1. The molecule has 0 aromatic heterocycles. The number of amides is 3. The van der Waals surface area contributed by atoms with E-state index in [0.717, 1.165) is 0 Å². The van der Waals surface area contributed by atoms with Crippen molar-refractivity contribution in [1.29, 1.82) is 0 Å². The molecule has 1 aromatic rings. The number of hydrogen-bond donors (Lipinski definition) is 2. The maximum Gasteiger partial charge on any atom is 0.318 e. The lowest BCUT2D eigenvalue weighted by molar-refractivity contribution is -0.120. The van der Waals surface area contributed by atoms with E-state index in [2.05, 4.69) is 0 Å². The quantitative estimate of drug-likeness (QED) is 0.772. The van der Waals surface area contributed by atoms with Crippen molar-refractivity contribution in [2.75, 3.05) is 26.7 Å². The zero-order valence-electron chi connectivity index (χ0n) is 11.3. The number of rotatable bonds is 7. The number of carbonyl (C=O) groups is 2. The van der Waals surface area contributed by atoms with E-state index in [1.165, 1.54) is 12.1 Å². The predicted molar refractivity (Wildman–Crippen MR) is 71.7 cm³/mol. The first kappa shape index (κ1) is 15.9. The number of carbonyl (C=O) groups excluding carboxylic acids is 2.